The van der Waals surface area contributed by atoms with Crippen molar-refractivity contribution in [1.82, 2.24) is 9.13 Å². The van der Waals surface area contributed by atoms with Crippen LogP contribution in [0.2, 0.25) is 0 Å². The second-order valence-electron chi connectivity index (χ2n) is 17.6. The first-order chi connectivity index (χ1) is 35.9. The fourth-order valence-corrected chi connectivity index (χ4v) is 11.8. The average molecular weight is 1020 g/mol. The van der Waals surface area contributed by atoms with Crippen LogP contribution in [0, 0.1) is 0 Å². The Hall–Kier alpha value is -6.73. The summed E-state index contributed by atoms with van der Waals surface area (Å²) in [6, 6.07) is 68.6. The maximum Gasteiger partial charge on any atom is 0.105 e. The summed E-state index contributed by atoms with van der Waals surface area (Å²) in [4.78, 5) is 4.72. The highest BCUT2D eigenvalue weighted by Crippen LogP contribution is 2.35. The monoisotopic (exact) mass is 1020 g/mol. The van der Waals surface area contributed by atoms with Crippen LogP contribution in [0.1, 0.15) is 38.8 Å². The zero-order chi connectivity index (χ0) is 49.9. The van der Waals surface area contributed by atoms with Crippen LogP contribution < -0.4 is 10.0 Å². The molecule has 8 aromatic carbocycles. The van der Waals surface area contributed by atoms with Crippen LogP contribution in [0.3, 0.4) is 0 Å². The Morgan fingerprint density at radius 1 is 0.438 bits per heavy atom. The second-order valence-corrected chi connectivity index (χ2v) is 21.5. The fourth-order valence-electron chi connectivity index (χ4n) is 9.33. The zero-order valence-electron chi connectivity index (χ0n) is 41.8. The van der Waals surface area contributed by atoms with Gasteiger partial charge in [0.05, 0.1) is 50.1 Å². The van der Waals surface area contributed by atoms with Gasteiger partial charge in [-0.15, -0.1) is 0 Å². The van der Waals surface area contributed by atoms with Crippen molar-refractivity contribution in [2.24, 2.45) is 10.2 Å². The number of nitrogens with zero attached hydrogens (tertiary/aromatic N) is 6. The lowest BCUT2D eigenvalue weighted by Crippen LogP contribution is -2.23. The van der Waals surface area contributed by atoms with Crippen LogP contribution in [-0.2, 0) is 22.6 Å². The smallest absolute Gasteiger partial charge is 0.105 e. The first kappa shape index (κ1) is 49.8. The Bertz CT molecular complexity index is 3240. The number of thioether (sulfide) groups is 2. The van der Waals surface area contributed by atoms with Crippen LogP contribution >= 0.6 is 35.3 Å². The van der Waals surface area contributed by atoms with E-state index in [1.54, 1.807) is 35.3 Å². The van der Waals surface area contributed by atoms with E-state index in [9.17, 15) is 0 Å². The number of benzene rings is 8. The minimum Gasteiger partial charge on any atom is -0.366 e. The molecule has 8 nitrogen and oxygen atoms in total. The predicted molar refractivity (Wildman–Crippen MR) is 313 cm³/mol. The van der Waals surface area contributed by atoms with Crippen molar-refractivity contribution in [3.63, 3.8) is 0 Å². The number of rotatable bonds is 22. The van der Waals surface area contributed by atoms with Gasteiger partial charge in [-0.3, -0.25) is 10.0 Å². The Morgan fingerprint density at radius 3 is 1.22 bits per heavy atom. The van der Waals surface area contributed by atoms with E-state index >= 15 is 0 Å². The van der Waals surface area contributed by atoms with E-state index in [0.717, 1.165) is 35.6 Å². The van der Waals surface area contributed by atoms with Crippen molar-refractivity contribution < 1.29 is 9.47 Å². The van der Waals surface area contributed by atoms with Crippen LogP contribution in [0.15, 0.2) is 224 Å². The molecule has 0 spiro atoms. The molecule has 0 bridgehead atoms. The van der Waals surface area contributed by atoms with E-state index < -0.39 is 0 Å². The molecule has 2 atom stereocenters. The highest BCUT2D eigenvalue weighted by atomic mass is 32.2. The lowest BCUT2D eigenvalue weighted by molar-refractivity contribution is 0.130. The molecule has 2 aromatic heterocycles. The molecular formula is C62H60N6O2S3. The van der Waals surface area contributed by atoms with Gasteiger partial charge in [0.1, 0.15) is 10.9 Å². The number of hydrogen-bond acceptors (Lipinski definition) is 9. The van der Waals surface area contributed by atoms with E-state index in [0.29, 0.717) is 26.3 Å². The van der Waals surface area contributed by atoms with Crippen molar-refractivity contribution in [2.45, 2.75) is 71.2 Å². The van der Waals surface area contributed by atoms with Crippen LogP contribution in [0.4, 0.5) is 11.4 Å². The van der Waals surface area contributed by atoms with Gasteiger partial charge in [-0.05, 0) is 148 Å². The molecule has 0 aliphatic heterocycles. The third-order valence-corrected chi connectivity index (χ3v) is 15.9. The number of anilines is 2. The molecule has 2 unspecified atom stereocenters. The molecule has 0 N–H and O–H groups in total. The quantitative estimate of drug-likeness (QED) is 0.0290. The third-order valence-electron chi connectivity index (χ3n) is 12.8. The van der Waals surface area contributed by atoms with Gasteiger partial charge in [-0.1, -0.05) is 120 Å². The summed E-state index contributed by atoms with van der Waals surface area (Å²) in [5, 5.41) is 19.0. The lowest BCUT2D eigenvalue weighted by Gasteiger charge is -2.21. The number of para-hydroxylation sites is 4. The largest absolute Gasteiger partial charge is 0.366 e. The summed E-state index contributed by atoms with van der Waals surface area (Å²) < 4.78 is 17.5. The summed E-state index contributed by atoms with van der Waals surface area (Å²) in [6.07, 6.45) is 3.92. The van der Waals surface area contributed by atoms with E-state index in [1.165, 1.54) is 63.2 Å². The molecule has 2 heterocycles. The third kappa shape index (κ3) is 12.0. The van der Waals surface area contributed by atoms with E-state index in [2.05, 4.69) is 195 Å². The predicted octanol–water partition coefficient (Wildman–Crippen LogP) is 16.1. The normalized spacial score (nSPS) is 12.8. The molecule has 10 rings (SSSR count). The minimum absolute atomic E-state index is 0.0290. The number of hydrazone groups is 2. The average Bonchev–Trinajstić information content (AvgIpc) is 3.93. The van der Waals surface area contributed by atoms with Crippen LogP contribution in [0.5, 0.6) is 0 Å². The van der Waals surface area contributed by atoms with Crippen molar-refractivity contribution >= 4 is 103 Å². The first-order valence-corrected chi connectivity index (χ1v) is 27.7. The van der Waals surface area contributed by atoms with Crippen LogP contribution in [0.25, 0.3) is 43.6 Å². The standard InChI is InChI=1S/C62H60N6O2S3/c1-5-65-59-23-15-13-21-55(59)57-41-47(25-35-61(57)65)43-63-67(49-17-9-7-10-18-49)37-39-69-45(3)71-51-27-31-53(32-28-51)73-54-33-29-52(30-34-54)72-46(4)70-40-38-68(50-19-11-8-12-20-50)64-44-48-26-36-62-58(42-48)56-22-14-16-24-60(56)66(62)6-2/h7-36,41-46H,5-6,37-40H2,1-4H3/b63-43-,64-44+. The molecule has 11 heteroatoms. The topological polar surface area (TPSA) is 59.5 Å². The van der Waals surface area contributed by atoms with Gasteiger partial charge < -0.3 is 18.6 Å². The number of aryl methyl sites for hydroxylation is 2. The molecule has 0 radical (unpaired) electrons. The maximum absolute atomic E-state index is 6.36. The van der Waals surface area contributed by atoms with Gasteiger partial charge in [-0.2, -0.15) is 10.2 Å². The van der Waals surface area contributed by atoms with Crippen LogP contribution in [-0.4, -0.2) is 58.7 Å². The summed E-state index contributed by atoms with van der Waals surface area (Å²) in [5.41, 5.74) is 9.14. The maximum atomic E-state index is 6.36. The van der Waals surface area contributed by atoms with Gasteiger partial charge in [0.15, 0.2) is 0 Å². The van der Waals surface area contributed by atoms with Gasteiger partial charge in [0.2, 0.25) is 0 Å². The zero-order valence-corrected chi connectivity index (χ0v) is 44.2. The van der Waals surface area contributed by atoms with Crippen molar-refractivity contribution in [2.75, 3.05) is 36.3 Å². The number of aromatic nitrogens is 2. The minimum atomic E-state index is -0.0290. The van der Waals surface area contributed by atoms with Gasteiger partial charge in [0, 0.05) is 76.3 Å². The molecule has 0 saturated carbocycles. The van der Waals surface area contributed by atoms with Gasteiger partial charge >= 0.3 is 0 Å². The Kier molecular flexibility index (Phi) is 16.3. The summed E-state index contributed by atoms with van der Waals surface area (Å²) in [7, 11) is 0. The van der Waals surface area contributed by atoms with E-state index in [-0.39, 0.29) is 10.9 Å². The molecule has 0 aliphatic carbocycles. The summed E-state index contributed by atoms with van der Waals surface area (Å²) in [6.45, 7) is 12.8. The van der Waals surface area contributed by atoms with Crippen molar-refractivity contribution in [3.8, 4) is 0 Å². The van der Waals surface area contributed by atoms with Crippen molar-refractivity contribution in [3.05, 3.63) is 205 Å². The molecule has 0 amide bonds. The Morgan fingerprint density at radius 2 is 0.808 bits per heavy atom. The molecular weight excluding hydrogens is 957 g/mol. The molecule has 0 fully saturated rings. The number of fused-ring (bicyclic) bond motifs is 6. The highest BCUT2D eigenvalue weighted by molar-refractivity contribution is 8.00. The highest BCUT2D eigenvalue weighted by Gasteiger charge is 2.14. The molecule has 10 aromatic rings. The Labute approximate surface area is 441 Å². The SMILES string of the molecule is CCn1c2ccccc2c2cc(/C=N\N(CCOC(C)Sc3ccc(Sc4ccc(SC(C)OCCN(/N=C/c5ccc6c(c5)c5ccccc5n6CC)c5ccccc5)cc4)cc3)c3ccccc3)ccc21. The number of ether oxygens (including phenoxy) is 2. The molecule has 73 heavy (non-hydrogen) atoms. The summed E-state index contributed by atoms with van der Waals surface area (Å²) >= 11 is 5.21. The fraction of sp³-hybridized carbons (Fsp3) is 0.194. The van der Waals surface area contributed by atoms with E-state index in [1.807, 2.05) is 58.8 Å². The molecule has 368 valence electrons. The molecule has 0 aliphatic rings. The number of hydrogen-bond donors (Lipinski definition) is 0. The lowest BCUT2D eigenvalue weighted by atomic mass is 10.1. The van der Waals surface area contributed by atoms with Crippen molar-refractivity contribution in [1.29, 1.82) is 0 Å². The van der Waals surface area contributed by atoms with E-state index in [4.69, 9.17) is 19.7 Å². The first-order valence-electron chi connectivity index (χ1n) is 25.1. The van der Waals surface area contributed by atoms with Gasteiger partial charge in [0.25, 0.3) is 0 Å². The molecule has 0 saturated heterocycles. The second kappa shape index (κ2) is 23.9. The van der Waals surface area contributed by atoms with Gasteiger partial charge in [-0.25, -0.2) is 0 Å². The summed E-state index contributed by atoms with van der Waals surface area (Å²) in [5.74, 6) is 0. The Balaban J connectivity index is 0.685.